The van der Waals surface area contributed by atoms with Gasteiger partial charge in [-0.1, -0.05) is 29.8 Å². The predicted octanol–water partition coefficient (Wildman–Crippen LogP) is 6.28. The summed E-state index contributed by atoms with van der Waals surface area (Å²) in [4.78, 5) is 30.5. The van der Waals surface area contributed by atoms with E-state index in [2.05, 4.69) is 10.3 Å². The summed E-state index contributed by atoms with van der Waals surface area (Å²) in [6.07, 6.45) is -8.39. The Kier molecular flexibility index (Phi) is 9.03. The van der Waals surface area contributed by atoms with Crippen molar-refractivity contribution in [3.05, 3.63) is 99.8 Å². The lowest BCUT2D eigenvalue weighted by Gasteiger charge is -2.29. The summed E-state index contributed by atoms with van der Waals surface area (Å²) >= 11 is 5.92. The Hall–Kier alpha value is -3.60. The van der Waals surface area contributed by atoms with Gasteiger partial charge >= 0.3 is 12.4 Å². The normalized spacial score (nSPS) is 12.6. The summed E-state index contributed by atoms with van der Waals surface area (Å²) in [6, 6.07) is 11.4. The van der Waals surface area contributed by atoms with Crippen molar-refractivity contribution in [1.29, 1.82) is 0 Å². The average molecular weight is 558 g/mol. The van der Waals surface area contributed by atoms with Crippen LogP contribution < -0.4 is 5.32 Å². The van der Waals surface area contributed by atoms with E-state index in [9.17, 15) is 35.9 Å². The number of carbonyl (C=O) groups excluding carboxylic acids is 2. The van der Waals surface area contributed by atoms with Crippen LogP contribution in [0, 0.1) is 0 Å². The van der Waals surface area contributed by atoms with Crippen LogP contribution in [0.25, 0.3) is 0 Å². The molecule has 0 fully saturated rings. The molecule has 0 saturated carbocycles. The molecule has 0 bridgehead atoms. The van der Waals surface area contributed by atoms with Crippen LogP contribution in [0.3, 0.4) is 0 Å². The maximum Gasteiger partial charge on any atom is 0.416 e. The van der Waals surface area contributed by atoms with Gasteiger partial charge in [-0.25, -0.2) is 0 Å². The van der Waals surface area contributed by atoms with Crippen molar-refractivity contribution in [1.82, 2.24) is 15.2 Å². The fraction of sp³-hybridized carbons (Fsp3) is 0.269. The molecular formula is C26H22ClF6N3O2. The number of nitrogens with zero attached hydrogens (tertiary/aromatic N) is 2. The molecule has 38 heavy (non-hydrogen) atoms. The number of nitrogens with one attached hydrogen (secondary N) is 1. The summed E-state index contributed by atoms with van der Waals surface area (Å²) in [5, 5.41) is 3.12. The van der Waals surface area contributed by atoms with Gasteiger partial charge in [0, 0.05) is 36.4 Å². The highest BCUT2D eigenvalue weighted by molar-refractivity contribution is 6.30. The van der Waals surface area contributed by atoms with Crippen LogP contribution in [0.15, 0.2) is 66.9 Å². The third-order valence-electron chi connectivity index (χ3n) is 5.75. The van der Waals surface area contributed by atoms with Crippen LogP contribution in [0.1, 0.15) is 44.0 Å². The van der Waals surface area contributed by atoms with E-state index in [1.54, 1.807) is 36.4 Å². The largest absolute Gasteiger partial charge is 0.416 e. The van der Waals surface area contributed by atoms with E-state index in [1.807, 2.05) is 0 Å². The fourth-order valence-electron chi connectivity index (χ4n) is 3.71. The zero-order chi connectivity index (χ0) is 28.1. The highest BCUT2D eigenvalue weighted by Gasteiger charge is 2.38. The van der Waals surface area contributed by atoms with Crippen molar-refractivity contribution < 1.29 is 35.9 Å². The summed E-state index contributed by atoms with van der Waals surface area (Å²) in [5.74, 6) is -1.51. The highest BCUT2D eigenvalue weighted by atomic mass is 35.5. The minimum atomic E-state index is -5.09. The SMILES string of the molecule is CN(C(=O)c1cc(C(F)(F)F)cc(C(F)(F)F)c1)C(CCNC(=O)c1ccccn1)Cc1ccc(Cl)cc1. The van der Waals surface area contributed by atoms with Crippen molar-refractivity contribution in [3.63, 3.8) is 0 Å². The molecule has 3 rings (SSSR count). The van der Waals surface area contributed by atoms with Crippen LogP contribution in [0.2, 0.25) is 5.02 Å². The number of likely N-dealkylation sites (N-methyl/N-ethyl adjacent to an activating group) is 1. The van der Waals surface area contributed by atoms with Crippen molar-refractivity contribution in [3.8, 4) is 0 Å². The van der Waals surface area contributed by atoms with Gasteiger partial charge in [-0.15, -0.1) is 0 Å². The van der Waals surface area contributed by atoms with E-state index in [1.165, 1.54) is 19.3 Å². The maximum atomic E-state index is 13.3. The van der Waals surface area contributed by atoms with Gasteiger partial charge in [-0.3, -0.25) is 14.6 Å². The van der Waals surface area contributed by atoms with Crippen LogP contribution in [-0.2, 0) is 18.8 Å². The number of rotatable bonds is 8. The fourth-order valence-corrected chi connectivity index (χ4v) is 3.84. The molecule has 0 aliphatic rings. The van der Waals surface area contributed by atoms with Crippen LogP contribution in [0.4, 0.5) is 26.3 Å². The summed E-state index contributed by atoms with van der Waals surface area (Å²) < 4.78 is 79.9. The number of carbonyl (C=O) groups is 2. The van der Waals surface area contributed by atoms with Crippen molar-refractivity contribution in [2.45, 2.75) is 31.2 Å². The number of hydrogen-bond acceptors (Lipinski definition) is 3. The highest BCUT2D eigenvalue weighted by Crippen LogP contribution is 2.36. The minimum absolute atomic E-state index is 0.0326. The first-order valence-corrected chi connectivity index (χ1v) is 11.6. The zero-order valence-corrected chi connectivity index (χ0v) is 20.7. The van der Waals surface area contributed by atoms with Gasteiger partial charge in [0.25, 0.3) is 11.8 Å². The molecule has 3 aromatic rings. The molecule has 0 saturated heterocycles. The van der Waals surface area contributed by atoms with Gasteiger partial charge < -0.3 is 10.2 Å². The number of amides is 2. The van der Waals surface area contributed by atoms with Crippen LogP contribution in [0.5, 0.6) is 0 Å². The molecular weight excluding hydrogens is 536 g/mol. The Balaban J connectivity index is 1.87. The molecule has 2 aromatic carbocycles. The van der Waals surface area contributed by atoms with E-state index >= 15 is 0 Å². The van der Waals surface area contributed by atoms with Gasteiger partial charge in [0.05, 0.1) is 11.1 Å². The van der Waals surface area contributed by atoms with E-state index in [-0.39, 0.29) is 31.1 Å². The Morgan fingerprint density at radius 3 is 2.08 bits per heavy atom. The lowest BCUT2D eigenvalue weighted by Crippen LogP contribution is -2.41. The lowest BCUT2D eigenvalue weighted by molar-refractivity contribution is -0.143. The molecule has 1 N–H and O–H groups in total. The Morgan fingerprint density at radius 2 is 1.55 bits per heavy atom. The third kappa shape index (κ3) is 7.70. The standard InChI is InChI=1S/C26H22ClF6N3O2/c1-36(24(38)17-13-18(25(28,29)30)15-19(14-17)26(31,32)33)21(12-16-5-7-20(27)8-6-16)9-11-35-23(37)22-4-2-3-10-34-22/h2-8,10,13-15,21H,9,11-12H2,1H3,(H,35,37). The molecule has 0 spiro atoms. The number of aromatic nitrogens is 1. The van der Waals surface area contributed by atoms with Crippen molar-refractivity contribution in [2.75, 3.05) is 13.6 Å². The Bertz CT molecular complexity index is 1230. The molecule has 1 atom stereocenters. The number of hydrogen-bond donors (Lipinski definition) is 1. The number of halogens is 7. The molecule has 0 radical (unpaired) electrons. The molecule has 1 aromatic heterocycles. The molecule has 1 heterocycles. The van der Waals surface area contributed by atoms with Gasteiger partial charge in [-0.2, -0.15) is 26.3 Å². The second-order valence-electron chi connectivity index (χ2n) is 8.45. The van der Waals surface area contributed by atoms with Gasteiger partial charge in [-0.05, 0) is 60.9 Å². The summed E-state index contributed by atoms with van der Waals surface area (Å²) in [5.41, 5.74) is -3.04. The monoisotopic (exact) mass is 557 g/mol. The average Bonchev–Trinajstić information content (AvgIpc) is 2.87. The lowest BCUT2D eigenvalue weighted by atomic mass is 9.99. The second kappa shape index (κ2) is 11.8. The van der Waals surface area contributed by atoms with Gasteiger partial charge in [0.1, 0.15) is 5.69 Å². The van der Waals surface area contributed by atoms with E-state index in [0.717, 1.165) is 10.5 Å². The molecule has 0 aliphatic carbocycles. The van der Waals surface area contributed by atoms with Gasteiger partial charge in [0.2, 0.25) is 0 Å². The van der Waals surface area contributed by atoms with Crippen molar-refractivity contribution >= 4 is 23.4 Å². The van der Waals surface area contributed by atoms with E-state index < -0.39 is 46.9 Å². The quantitative estimate of drug-likeness (QED) is 0.332. The van der Waals surface area contributed by atoms with Gasteiger partial charge in [0.15, 0.2) is 0 Å². The second-order valence-corrected chi connectivity index (χ2v) is 8.89. The predicted molar refractivity (Wildman–Crippen MR) is 129 cm³/mol. The van der Waals surface area contributed by atoms with E-state index in [4.69, 9.17) is 11.6 Å². The topological polar surface area (TPSA) is 62.3 Å². The van der Waals surface area contributed by atoms with Crippen molar-refractivity contribution in [2.24, 2.45) is 0 Å². The molecule has 2 amide bonds. The maximum absolute atomic E-state index is 13.3. The number of alkyl halides is 6. The van der Waals surface area contributed by atoms with Crippen LogP contribution >= 0.6 is 11.6 Å². The number of pyridine rings is 1. The Morgan fingerprint density at radius 1 is 0.947 bits per heavy atom. The molecule has 1 unspecified atom stereocenters. The first kappa shape index (κ1) is 29.0. The number of benzene rings is 2. The minimum Gasteiger partial charge on any atom is -0.351 e. The molecule has 12 heteroatoms. The third-order valence-corrected chi connectivity index (χ3v) is 6.00. The molecule has 202 valence electrons. The molecule has 0 aliphatic heterocycles. The first-order valence-electron chi connectivity index (χ1n) is 11.3. The Labute approximate surface area is 219 Å². The molecule has 5 nitrogen and oxygen atoms in total. The van der Waals surface area contributed by atoms with Crippen LogP contribution in [-0.4, -0.2) is 41.3 Å². The first-order chi connectivity index (χ1) is 17.8. The summed E-state index contributed by atoms with van der Waals surface area (Å²) in [6.45, 7) is 0.0572. The zero-order valence-electron chi connectivity index (χ0n) is 19.9. The summed E-state index contributed by atoms with van der Waals surface area (Å²) in [7, 11) is 1.29. The van der Waals surface area contributed by atoms with E-state index in [0.29, 0.717) is 17.2 Å². The smallest absolute Gasteiger partial charge is 0.351 e.